The summed E-state index contributed by atoms with van der Waals surface area (Å²) in [6.45, 7) is 2.47. The van der Waals surface area contributed by atoms with Crippen LogP contribution in [0.2, 0.25) is 5.02 Å². The van der Waals surface area contributed by atoms with Gasteiger partial charge in [0.1, 0.15) is 4.32 Å². The van der Waals surface area contributed by atoms with E-state index >= 15 is 0 Å². The molecule has 27 heavy (non-hydrogen) atoms. The first-order chi connectivity index (χ1) is 13.0. The molecular weight excluding hydrogens is 404 g/mol. The second kappa shape index (κ2) is 7.42. The number of amides is 1. The fourth-order valence-electron chi connectivity index (χ4n) is 2.74. The number of aryl methyl sites for hydroxylation is 1. The highest BCUT2D eigenvalue weighted by Gasteiger charge is 2.32. The van der Waals surface area contributed by atoms with Gasteiger partial charge >= 0.3 is 0 Å². The van der Waals surface area contributed by atoms with Gasteiger partial charge in [0.05, 0.1) is 11.6 Å². The number of hydrogen-bond donors (Lipinski definition) is 1. The Bertz CT molecular complexity index is 977. The zero-order valence-electron chi connectivity index (χ0n) is 14.3. The van der Waals surface area contributed by atoms with Gasteiger partial charge < -0.3 is 14.8 Å². The SMILES string of the molecule is Cc1ccc(Cl)cc1NCN1C(=O)/C(=C\c2ccc3c(c2)OCO3)SC1=S. The number of halogens is 1. The van der Waals surface area contributed by atoms with Gasteiger partial charge in [0.2, 0.25) is 6.79 Å². The maximum absolute atomic E-state index is 12.8. The number of rotatable bonds is 4. The lowest BCUT2D eigenvalue weighted by Gasteiger charge is -2.17. The Balaban J connectivity index is 1.49. The van der Waals surface area contributed by atoms with Gasteiger partial charge in [0, 0.05) is 10.7 Å². The molecule has 1 saturated heterocycles. The molecule has 2 aromatic carbocycles. The van der Waals surface area contributed by atoms with E-state index in [9.17, 15) is 4.79 Å². The zero-order valence-corrected chi connectivity index (χ0v) is 16.7. The van der Waals surface area contributed by atoms with E-state index in [1.807, 2.05) is 49.4 Å². The highest BCUT2D eigenvalue weighted by atomic mass is 35.5. The highest BCUT2D eigenvalue weighted by Crippen LogP contribution is 2.36. The first kappa shape index (κ1) is 18.2. The van der Waals surface area contributed by atoms with Crippen molar-refractivity contribution in [3.05, 3.63) is 57.5 Å². The van der Waals surface area contributed by atoms with Crippen LogP contribution in [0, 0.1) is 6.92 Å². The van der Waals surface area contributed by atoms with Crippen molar-refractivity contribution in [3.63, 3.8) is 0 Å². The van der Waals surface area contributed by atoms with Crippen molar-refractivity contribution in [2.45, 2.75) is 6.92 Å². The van der Waals surface area contributed by atoms with E-state index < -0.39 is 0 Å². The number of fused-ring (bicyclic) bond motifs is 1. The highest BCUT2D eigenvalue weighted by molar-refractivity contribution is 8.26. The Morgan fingerprint density at radius 1 is 1.26 bits per heavy atom. The van der Waals surface area contributed by atoms with Gasteiger partial charge in [0.25, 0.3) is 5.91 Å². The summed E-state index contributed by atoms with van der Waals surface area (Å²) in [5.74, 6) is 1.26. The second-order valence-corrected chi connectivity index (χ2v) is 8.13. The number of carbonyl (C=O) groups is 1. The zero-order chi connectivity index (χ0) is 19.0. The smallest absolute Gasteiger partial charge is 0.267 e. The number of carbonyl (C=O) groups excluding carboxylic acids is 1. The normalized spacial score (nSPS) is 17.1. The van der Waals surface area contributed by atoms with E-state index in [-0.39, 0.29) is 19.4 Å². The Morgan fingerprint density at radius 3 is 2.93 bits per heavy atom. The predicted molar refractivity (Wildman–Crippen MR) is 112 cm³/mol. The maximum Gasteiger partial charge on any atom is 0.267 e. The summed E-state index contributed by atoms with van der Waals surface area (Å²) in [5, 5.41) is 3.87. The molecule has 0 unspecified atom stereocenters. The van der Waals surface area contributed by atoms with Crippen molar-refractivity contribution in [1.82, 2.24) is 4.90 Å². The van der Waals surface area contributed by atoms with Crippen molar-refractivity contribution in [2.24, 2.45) is 0 Å². The van der Waals surface area contributed by atoms with Crippen LogP contribution in [0.5, 0.6) is 11.5 Å². The number of hydrogen-bond acceptors (Lipinski definition) is 6. The number of benzene rings is 2. The molecule has 8 heteroatoms. The van der Waals surface area contributed by atoms with Crippen LogP contribution in [0.15, 0.2) is 41.3 Å². The molecule has 1 amide bonds. The fraction of sp³-hybridized carbons (Fsp3) is 0.158. The minimum absolute atomic E-state index is 0.130. The summed E-state index contributed by atoms with van der Waals surface area (Å²) in [6.07, 6.45) is 1.81. The summed E-state index contributed by atoms with van der Waals surface area (Å²) in [4.78, 5) is 14.9. The average molecular weight is 419 g/mol. The van der Waals surface area contributed by atoms with Gasteiger partial charge in [0.15, 0.2) is 11.5 Å². The molecule has 0 atom stereocenters. The third-order valence-corrected chi connectivity index (χ3v) is 5.81. The van der Waals surface area contributed by atoms with Gasteiger partial charge in [-0.1, -0.05) is 47.7 Å². The molecule has 0 bridgehead atoms. The van der Waals surface area contributed by atoms with Crippen LogP contribution in [0.3, 0.4) is 0 Å². The number of thioether (sulfide) groups is 1. The van der Waals surface area contributed by atoms with Gasteiger partial charge in [-0.25, -0.2) is 0 Å². The van der Waals surface area contributed by atoms with Crippen LogP contribution in [-0.2, 0) is 4.79 Å². The molecule has 2 aliphatic heterocycles. The van der Waals surface area contributed by atoms with Crippen molar-refractivity contribution in [2.75, 3.05) is 18.8 Å². The molecule has 2 aromatic rings. The van der Waals surface area contributed by atoms with Crippen LogP contribution in [0.4, 0.5) is 5.69 Å². The molecule has 5 nitrogen and oxygen atoms in total. The number of nitrogens with zero attached hydrogens (tertiary/aromatic N) is 1. The van der Waals surface area contributed by atoms with Gasteiger partial charge in [-0.05, 0) is 48.4 Å². The molecule has 0 spiro atoms. The topological polar surface area (TPSA) is 50.8 Å². The molecule has 138 valence electrons. The summed E-state index contributed by atoms with van der Waals surface area (Å²) >= 11 is 12.7. The van der Waals surface area contributed by atoms with Crippen molar-refractivity contribution >= 4 is 57.6 Å². The molecule has 2 aliphatic rings. The number of ether oxygens (including phenoxy) is 2. The Labute approximate surface area is 171 Å². The Hall–Kier alpha value is -2.22. The molecule has 0 aromatic heterocycles. The third kappa shape index (κ3) is 3.76. The number of thiocarbonyl (C=S) groups is 1. The molecule has 1 fully saturated rings. The number of nitrogens with one attached hydrogen (secondary N) is 1. The molecule has 0 radical (unpaired) electrons. The first-order valence-corrected chi connectivity index (χ1v) is 9.76. The Kier molecular flexibility index (Phi) is 4.99. The first-order valence-electron chi connectivity index (χ1n) is 8.16. The molecule has 0 saturated carbocycles. The monoisotopic (exact) mass is 418 g/mol. The van der Waals surface area contributed by atoms with Crippen molar-refractivity contribution in [1.29, 1.82) is 0 Å². The molecule has 4 rings (SSSR count). The maximum atomic E-state index is 12.8. The summed E-state index contributed by atoms with van der Waals surface area (Å²) in [6, 6.07) is 11.1. The van der Waals surface area contributed by atoms with E-state index in [1.165, 1.54) is 11.8 Å². The minimum Gasteiger partial charge on any atom is -0.454 e. The summed E-state index contributed by atoms with van der Waals surface area (Å²) in [7, 11) is 0. The molecule has 1 N–H and O–H groups in total. The number of anilines is 1. The van der Waals surface area contributed by atoms with Crippen LogP contribution in [-0.4, -0.2) is 28.6 Å². The molecule has 0 aliphatic carbocycles. The average Bonchev–Trinajstić information content (AvgIpc) is 3.21. The van der Waals surface area contributed by atoms with Crippen LogP contribution in [0.25, 0.3) is 6.08 Å². The lowest BCUT2D eigenvalue weighted by atomic mass is 10.2. The van der Waals surface area contributed by atoms with Crippen LogP contribution >= 0.6 is 35.6 Å². The quantitative estimate of drug-likeness (QED) is 0.576. The van der Waals surface area contributed by atoms with Crippen molar-refractivity contribution < 1.29 is 14.3 Å². The largest absolute Gasteiger partial charge is 0.454 e. The van der Waals surface area contributed by atoms with Gasteiger partial charge in [-0.2, -0.15) is 0 Å². The van der Waals surface area contributed by atoms with Gasteiger partial charge in [-0.3, -0.25) is 9.69 Å². The molecule has 2 heterocycles. The van der Waals surface area contributed by atoms with Gasteiger partial charge in [-0.15, -0.1) is 0 Å². The van der Waals surface area contributed by atoms with E-state index in [2.05, 4.69) is 5.32 Å². The van der Waals surface area contributed by atoms with Crippen LogP contribution < -0.4 is 14.8 Å². The summed E-state index contributed by atoms with van der Waals surface area (Å²) in [5.41, 5.74) is 2.77. The standard InChI is InChI=1S/C19H15ClN2O3S2/c1-11-2-4-13(20)8-14(11)21-9-22-18(23)17(27-19(22)26)7-12-3-5-15-16(6-12)25-10-24-15/h2-8,21H,9-10H2,1H3/b17-7+. The summed E-state index contributed by atoms with van der Waals surface area (Å²) < 4.78 is 11.2. The Morgan fingerprint density at radius 2 is 2.07 bits per heavy atom. The van der Waals surface area contributed by atoms with E-state index in [4.69, 9.17) is 33.3 Å². The molecular formula is C19H15ClN2O3S2. The van der Waals surface area contributed by atoms with Crippen LogP contribution in [0.1, 0.15) is 11.1 Å². The van der Waals surface area contributed by atoms with E-state index in [0.29, 0.717) is 25.7 Å². The third-order valence-electron chi connectivity index (χ3n) is 4.20. The van der Waals surface area contributed by atoms with E-state index in [0.717, 1.165) is 16.8 Å². The van der Waals surface area contributed by atoms with Crippen molar-refractivity contribution in [3.8, 4) is 11.5 Å². The predicted octanol–water partition coefficient (Wildman–Crippen LogP) is 4.65. The minimum atomic E-state index is -0.130. The lowest BCUT2D eigenvalue weighted by molar-refractivity contribution is -0.121. The fourth-order valence-corrected chi connectivity index (χ4v) is 4.17. The van der Waals surface area contributed by atoms with E-state index in [1.54, 1.807) is 4.90 Å². The second-order valence-electron chi connectivity index (χ2n) is 6.02. The lowest BCUT2D eigenvalue weighted by Crippen LogP contribution is -2.33.